The smallest absolute Gasteiger partial charge is 0.355 e. The molecule has 1 fully saturated rings. The number of halogens is 1. The standard InChI is InChI=1S/C11H17N2O6P.C2H6.CH3F.CH5O3PS/c1-13(6-4-10(15)12-8-14)11-3-2-9(19-11)5-7-20(16,17)18;2*1-2;1-4-5(2,3)6/h4-9,11,16-18H,2-3H2,1H3;1-2H3;1H3;1H3,(H2,2,3,6)/p+1/b6-4-,7-5+;;;. The molecule has 0 aromatic carbocycles. The van der Waals surface area contributed by atoms with Gasteiger partial charge in [0.1, 0.15) is 12.0 Å². The minimum Gasteiger partial charge on any atom is -0.355 e. The lowest BCUT2D eigenvalue weighted by molar-refractivity contribution is -0.121. The van der Waals surface area contributed by atoms with Crippen molar-refractivity contribution in [2.24, 2.45) is 0 Å². The average molecular weight is 497 g/mol. The highest BCUT2D eigenvalue weighted by Gasteiger charge is 2.29. The van der Waals surface area contributed by atoms with Crippen molar-refractivity contribution >= 4 is 38.8 Å². The SMILES string of the molecule is CC.CF.CN(/C=C\C(=O)NC=O)C1CCC(/C=C/[P+](O)(O)O)O1.COP(O)(O)=S. The summed E-state index contributed by atoms with van der Waals surface area (Å²) in [5, 5.41) is 1.97. The number of hydrogen-bond acceptors (Lipinski definition) is 9. The molecule has 0 spiro atoms. The summed E-state index contributed by atoms with van der Waals surface area (Å²) in [7, 11) is -0.555. The molecule has 1 saturated heterocycles. The van der Waals surface area contributed by atoms with Gasteiger partial charge in [-0.15, -0.1) is 0 Å². The molecule has 0 saturated carbocycles. The molecular formula is C15H32FN2O9P2S+. The molecule has 2 amide bonds. The first-order chi connectivity index (χ1) is 13.9. The third kappa shape index (κ3) is 21.8. The van der Waals surface area contributed by atoms with Crippen molar-refractivity contribution in [2.45, 2.75) is 39.0 Å². The summed E-state index contributed by atoms with van der Waals surface area (Å²) in [5.74, 6) is 0.407. The van der Waals surface area contributed by atoms with Crippen molar-refractivity contribution < 1.29 is 47.7 Å². The van der Waals surface area contributed by atoms with Crippen LogP contribution in [0.5, 0.6) is 0 Å². The van der Waals surface area contributed by atoms with Gasteiger partial charge in [-0.2, -0.15) is 14.7 Å². The average Bonchev–Trinajstić information content (AvgIpc) is 3.17. The lowest BCUT2D eigenvalue weighted by Crippen LogP contribution is -2.28. The monoisotopic (exact) mass is 497 g/mol. The van der Waals surface area contributed by atoms with E-state index in [1.807, 2.05) is 19.2 Å². The predicted octanol–water partition coefficient (Wildman–Crippen LogP) is 0.917. The number of carbonyl (C=O) groups is 2. The van der Waals surface area contributed by atoms with E-state index in [1.54, 1.807) is 11.9 Å². The number of rotatable bonds is 7. The molecule has 0 aromatic heterocycles. The molecule has 1 rings (SSSR count). The van der Waals surface area contributed by atoms with Crippen LogP contribution in [0.15, 0.2) is 24.2 Å². The quantitative estimate of drug-likeness (QED) is 0.168. The van der Waals surface area contributed by atoms with E-state index in [-0.39, 0.29) is 12.3 Å². The molecular weight excluding hydrogens is 465 g/mol. The minimum atomic E-state index is -3.92. The maximum absolute atomic E-state index is 11.1. The van der Waals surface area contributed by atoms with Crippen LogP contribution in [-0.4, -0.2) is 75.4 Å². The van der Waals surface area contributed by atoms with Crippen LogP contribution in [0, 0.1) is 0 Å². The summed E-state index contributed by atoms with van der Waals surface area (Å²) in [4.78, 5) is 65.4. The molecule has 2 unspecified atom stereocenters. The second kappa shape index (κ2) is 18.9. The van der Waals surface area contributed by atoms with E-state index in [0.717, 1.165) is 12.9 Å². The van der Waals surface area contributed by atoms with Gasteiger partial charge in [-0.25, -0.2) is 0 Å². The fourth-order valence-electron chi connectivity index (χ4n) is 1.68. The Balaban J connectivity index is -0.000000616. The molecule has 178 valence electrons. The summed E-state index contributed by atoms with van der Waals surface area (Å²) >= 11 is 3.99. The fraction of sp³-hybridized carbons (Fsp3) is 0.600. The molecule has 1 heterocycles. The van der Waals surface area contributed by atoms with Crippen LogP contribution in [-0.2, 0) is 30.7 Å². The second-order valence-corrected chi connectivity index (χ2v) is 9.24. The van der Waals surface area contributed by atoms with Crippen molar-refractivity contribution in [2.75, 3.05) is 21.3 Å². The van der Waals surface area contributed by atoms with Crippen LogP contribution < -0.4 is 5.32 Å². The number of amides is 2. The largest absolute Gasteiger partial charge is 0.433 e. The van der Waals surface area contributed by atoms with Gasteiger partial charge in [-0.1, -0.05) is 13.8 Å². The normalized spacial score (nSPS) is 18.4. The van der Waals surface area contributed by atoms with Gasteiger partial charge in [0, 0.05) is 26.4 Å². The van der Waals surface area contributed by atoms with Crippen LogP contribution in [0.25, 0.3) is 0 Å². The lowest BCUT2D eigenvalue weighted by atomic mass is 10.2. The summed E-state index contributed by atoms with van der Waals surface area (Å²) in [6.45, 7) is 0.687. The van der Waals surface area contributed by atoms with Gasteiger partial charge in [0.15, 0.2) is 0 Å². The van der Waals surface area contributed by atoms with E-state index in [4.69, 9.17) is 29.2 Å². The van der Waals surface area contributed by atoms with Crippen molar-refractivity contribution in [1.82, 2.24) is 10.2 Å². The van der Waals surface area contributed by atoms with E-state index < -0.39 is 20.6 Å². The molecule has 2 atom stereocenters. The van der Waals surface area contributed by atoms with Crippen LogP contribution >= 0.6 is 14.7 Å². The Morgan fingerprint density at radius 3 is 2.20 bits per heavy atom. The zero-order valence-corrected chi connectivity index (χ0v) is 20.1. The van der Waals surface area contributed by atoms with E-state index in [2.05, 4.69) is 16.3 Å². The van der Waals surface area contributed by atoms with E-state index >= 15 is 0 Å². The van der Waals surface area contributed by atoms with Crippen LogP contribution in [0.3, 0.4) is 0 Å². The molecule has 11 nitrogen and oxygen atoms in total. The van der Waals surface area contributed by atoms with Gasteiger partial charge in [0.05, 0.1) is 13.3 Å². The number of nitrogens with zero attached hydrogens (tertiary/aromatic N) is 1. The number of ether oxygens (including phenoxy) is 1. The van der Waals surface area contributed by atoms with Crippen molar-refractivity contribution in [3.8, 4) is 0 Å². The van der Waals surface area contributed by atoms with Crippen LogP contribution in [0.2, 0.25) is 0 Å². The molecule has 0 radical (unpaired) electrons. The number of hydrogen-bond donors (Lipinski definition) is 6. The molecule has 0 aliphatic carbocycles. The van der Waals surface area contributed by atoms with Crippen LogP contribution in [0.4, 0.5) is 4.39 Å². The Hall–Kier alpha value is -0.850. The zero-order valence-electron chi connectivity index (χ0n) is 17.5. The lowest BCUT2D eigenvalue weighted by Gasteiger charge is -2.22. The number of imide groups is 1. The predicted molar refractivity (Wildman–Crippen MR) is 116 cm³/mol. The van der Waals surface area contributed by atoms with Gasteiger partial charge in [-0.3, -0.25) is 19.3 Å². The van der Waals surface area contributed by atoms with E-state index in [1.165, 1.54) is 18.4 Å². The van der Waals surface area contributed by atoms with E-state index in [0.29, 0.717) is 26.4 Å². The molecule has 6 N–H and O–H groups in total. The maximum Gasteiger partial charge on any atom is 0.433 e. The highest BCUT2D eigenvalue weighted by molar-refractivity contribution is 8.06. The first-order valence-corrected chi connectivity index (χ1v) is 12.8. The fourth-order valence-corrected chi connectivity index (χ4v) is 2.11. The Morgan fingerprint density at radius 2 is 1.80 bits per heavy atom. The Labute approximate surface area is 181 Å². The maximum atomic E-state index is 11.1. The second-order valence-electron chi connectivity index (χ2n) is 4.94. The van der Waals surface area contributed by atoms with Gasteiger partial charge in [-0.05, 0) is 30.7 Å². The van der Waals surface area contributed by atoms with Gasteiger partial charge >= 0.3 is 14.7 Å². The Morgan fingerprint density at radius 1 is 1.30 bits per heavy atom. The third-order valence-corrected chi connectivity index (χ3v) is 4.38. The first-order valence-electron chi connectivity index (χ1n) is 8.43. The van der Waals surface area contributed by atoms with Crippen molar-refractivity contribution in [1.29, 1.82) is 0 Å². The van der Waals surface area contributed by atoms with Gasteiger partial charge in [0.25, 0.3) is 5.91 Å². The summed E-state index contributed by atoms with van der Waals surface area (Å²) in [6, 6.07) is 0. The minimum absolute atomic E-state index is 0.270. The van der Waals surface area contributed by atoms with Crippen molar-refractivity contribution in [3.63, 3.8) is 0 Å². The van der Waals surface area contributed by atoms with E-state index in [9.17, 15) is 14.0 Å². The van der Waals surface area contributed by atoms with Crippen LogP contribution in [0.1, 0.15) is 26.7 Å². The summed E-state index contributed by atoms with van der Waals surface area (Å²) in [5.41, 5.74) is 0. The summed E-state index contributed by atoms with van der Waals surface area (Å²) in [6.07, 6.45) is 5.12. The molecule has 15 heteroatoms. The molecule has 30 heavy (non-hydrogen) atoms. The Kier molecular flexibility index (Phi) is 21.3. The highest BCUT2D eigenvalue weighted by atomic mass is 32.5. The topological polar surface area (TPSA) is 169 Å². The number of alkyl halides is 1. The molecule has 1 aliphatic rings. The summed E-state index contributed by atoms with van der Waals surface area (Å²) < 4.78 is 19.1. The molecule has 1 aliphatic heterocycles. The molecule has 0 bridgehead atoms. The first kappa shape index (κ1) is 33.8. The highest BCUT2D eigenvalue weighted by Crippen LogP contribution is 2.46. The molecule has 0 aromatic rings. The van der Waals surface area contributed by atoms with Gasteiger partial charge < -0.3 is 23.9 Å². The third-order valence-electron chi connectivity index (χ3n) is 2.89. The Bertz CT molecular complexity index is 571. The van der Waals surface area contributed by atoms with Gasteiger partial charge in [0.2, 0.25) is 6.41 Å². The number of nitrogens with one attached hydrogen (secondary N) is 1. The van der Waals surface area contributed by atoms with Crippen molar-refractivity contribution in [3.05, 3.63) is 24.2 Å². The zero-order chi connectivity index (χ0) is 24.4. The number of carbonyl (C=O) groups excluding carboxylic acids is 2.